The summed E-state index contributed by atoms with van der Waals surface area (Å²) in [5.41, 5.74) is -0.730. The van der Waals surface area contributed by atoms with Gasteiger partial charge in [0.25, 0.3) is 0 Å². The first-order valence-electron chi connectivity index (χ1n) is 4.92. The van der Waals surface area contributed by atoms with Crippen LogP contribution in [-0.2, 0) is 14.3 Å². The summed E-state index contributed by atoms with van der Waals surface area (Å²) in [6, 6.07) is 0. The number of hydrogen-bond acceptors (Lipinski definition) is 4. The second-order valence-electron chi connectivity index (χ2n) is 4.64. The Hall–Kier alpha value is -1.36. The molecule has 0 aliphatic rings. The van der Waals surface area contributed by atoms with E-state index in [1.54, 1.807) is 34.9 Å². The number of nitrogens with zero attached hydrogens (tertiary/aromatic N) is 1. The molecule has 0 saturated heterocycles. The zero-order valence-electron chi connectivity index (χ0n) is 10.4. The predicted octanol–water partition coefficient (Wildman–Crippen LogP) is 0.901. The minimum absolute atomic E-state index is 0.227. The first-order chi connectivity index (χ1) is 7.13. The van der Waals surface area contributed by atoms with Crippen LogP contribution in [0.3, 0.4) is 0 Å². The lowest BCUT2D eigenvalue weighted by molar-refractivity contribution is -0.136. The van der Waals surface area contributed by atoms with Crippen molar-refractivity contribution < 1.29 is 19.4 Å². The van der Waals surface area contributed by atoms with Crippen molar-refractivity contribution in [3.05, 3.63) is 11.8 Å². The lowest BCUT2D eigenvalue weighted by Gasteiger charge is -2.19. The summed E-state index contributed by atoms with van der Waals surface area (Å²) in [4.78, 5) is 23.9. The third-order valence-electron chi connectivity index (χ3n) is 1.55. The van der Waals surface area contributed by atoms with E-state index in [1.165, 1.54) is 11.1 Å². The molecule has 0 saturated carbocycles. The van der Waals surface area contributed by atoms with E-state index in [-0.39, 0.29) is 12.2 Å². The Kier molecular flexibility index (Phi) is 5.17. The van der Waals surface area contributed by atoms with E-state index in [2.05, 4.69) is 0 Å². The summed E-state index contributed by atoms with van der Waals surface area (Å²) < 4.78 is 5.23. The Morgan fingerprint density at radius 3 is 2.12 bits per heavy atom. The van der Waals surface area contributed by atoms with Gasteiger partial charge in [0.2, 0.25) is 0 Å². The van der Waals surface area contributed by atoms with Crippen molar-refractivity contribution in [3.63, 3.8) is 0 Å². The zero-order chi connectivity index (χ0) is 12.9. The van der Waals surface area contributed by atoms with Crippen LogP contribution < -0.4 is 0 Å². The van der Waals surface area contributed by atoms with E-state index >= 15 is 0 Å². The molecule has 0 fully saturated rings. The summed E-state index contributed by atoms with van der Waals surface area (Å²) in [7, 11) is 3.31. The van der Waals surface area contributed by atoms with Crippen molar-refractivity contribution in [2.75, 3.05) is 20.7 Å². The van der Waals surface area contributed by atoms with Gasteiger partial charge in [0.15, 0.2) is 5.78 Å². The molecule has 0 aromatic heterocycles. The Balaban J connectivity index is 4.60. The fourth-order valence-corrected chi connectivity index (χ4v) is 0.864. The van der Waals surface area contributed by atoms with Gasteiger partial charge in [0, 0.05) is 20.3 Å². The molecular formula is C11H19NO4. The van der Waals surface area contributed by atoms with Crippen LogP contribution in [0.2, 0.25) is 0 Å². The number of carbonyl (C=O) groups excluding carboxylic acids is 1. The number of hydrogen-bond donors (Lipinski definition) is 1. The number of rotatable bonds is 5. The maximum Gasteiger partial charge on any atom is 0.340 e. The van der Waals surface area contributed by atoms with Crippen molar-refractivity contribution in [1.29, 1.82) is 0 Å². The fourth-order valence-electron chi connectivity index (χ4n) is 0.864. The monoisotopic (exact) mass is 229 g/mol. The number of ether oxygens (including phenoxy) is 1. The van der Waals surface area contributed by atoms with Crippen molar-refractivity contribution in [2.24, 2.45) is 0 Å². The van der Waals surface area contributed by atoms with Crippen LogP contribution in [0, 0.1) is 0 Å². The molecule has 0 rings (SSSR count). The van der Waals surface area contributed by atoms with Crippen molar-refractivity contribution in [3.8, 4) is 0 Å². The largest absolute Gasteiger partial charge is 0.478 e. The van der Waals surface area contributed by atoms with E-state index in [0.29, 0.717) is 0 Å². The molecule has 1 N–H and O–H groups in total. The first kappa shape index (κ1) is 14.6. The SMILES string of the molecule is CN(C)C=C(C(=O)O)C(=O)COC(C)(C)C. The Bertz CT molecular complexity index is 300. The van der Waals surface area contributed by atoms with Crippen LogP contribution in [0.4, 0.5) is 0 Å². The number of carboxylic acid groups (broad SMARTS) is 1. The average molecular weight is 229 g/mol. The number of carbonyl (C=O) groups is 2. The van der Waals surface area contributed by atoms with Crippen LogP contribution in [0.25, 0.3) is 0 Å². The van der Waals surface area contributed by atoms with Crippen molar-refractivity contribution in [2.45, 2.75) is 26.4 Å². The predicted molar refractivity (Wildman–Crippen MR) is 60.1 cm³/mol. The van der Waals surface area contributed by atoms with Gasteiger partial charge in [-0.15, -0.1) is 0 Å². The summed E-state index contributed by atoms with van der Waals surface area (Å²) in [5.74, 6) is -1.77. The van der Waals surface area contributed by atoms with Crippen LogP contribution in [0.1, 0.15) is 20.8 Å². The van der Waals surface area contributed by atoms with Crippen LogP contribution in [-0.4, -0.2) is 48.1 Å². The van der Waals surface area contributed by atoms with Gasteiger partial charge in [-0.05, 0) is 20.8 Å². The molecule has 5 nitrogen and oxygen atoms in total. The van der Waals surface area contributed by atoms with Crippen LogP contribution in [0.15, 0.2) is 11.8 Å². The molecule has 5 heteroatoms. The Labute approximate surface area is 95.7 Å². The molecule has 0 spiro atoms. The minimum atomic E-state index is -1.24. The van der Waals surface area contributed by atoms with E-state index in [9.17, 15) is 9.59 Å². The molecule has 0 aromatic carbocycles. The lowest BCUT2D eigenvalue weighted by Crippen LogP contribution is -2.27. The van der Waals surface area contributed by atoms with Gasteiger partial charge in [-0.25, -0.2) is 4.79 Å². The highest BCUT2D eigenvalue weighted by Crippen LogP contribution is 2.08. The number of carboxylic acids is 1. The van der Waals surface area contributed by atoms with Crippen LogP contribution >= 0.6 is 0 Å². The maximum absolute atomic E-state index is 11.6. The van der Waals surface area contributed by atoms with Crippen molar-refractivity contribution in [1.82, 2.24) is 4.90 Å². The highest BCUT2D eigenvalue weighted by molar-refractivity contribution is 6.17. The lowest BCUT2D eigenvalue weighted by atomic mass is 10.1. The topological polar surface area (TPSA) is 66.8 Å². The van der Waals surface area contributed by atoms with E-state index in [4.69, 9.17) is 9.84 Å². The van der Waals surface area contributed by atoms with Gasteiger partial charge in [-0.1, -0.05) is 0 Å². The second-order valence-corrected chi connectivity index (χ2v) is 4.64. The average Bonchev–Trinajstić information content (AvgIpc) is 2.08. The third kappa shape index (κ3) is 6.19. The first-order valence-corrected chi connectivity index (χ1v) is 4.92. The number of ketones is 1. The van der Waals surface area contributed by atoms with Gasteiger partial charge in [-0.2, -0.15) is 0 Å². The summed E-state index contributed by atoms with van der Waals surface area (Å²) in [6.45, 7) is 5.18. The molecule has 0 bridgehead atoms. The smallest absolute Gasteiger partial charge is 0.340 e. The van der Waals surface area contributed by atoms with E-state index < -0.39 is 17.4 Å². The van der Waals surface area contributed by atoms with Crippen LogP contribution in [0.5, 0.6) is 0 Å². The van der Waals surface area contributed by atoms with Crippen molar-refractivity contribution >= 4 is 11.8 Å². The molecule has 92 valence electrons. The molecular weight excluding hydrogens is 210 g/mol. The third-order valence-corrected chi connectivity index (χ3v) is 1.55. The summed E-state index contributed by atoms with van der Waals surface area (Å²) >= 11 is 0. The van der Waals surface area contributed by atoms with Gasteiger partial charge >= 0.3 is 5.97 Å². The maximum atomic E-state index is 11.6. The van der Waals surface area contributed by atoms with Gasteiger partial charge in [0.1, 0.15) is 12.2 Å². The molecule has 0 radical (unpaired) electrons. The van der Waals surface area contributed by atoms with Gasteiger partial charge in [0.05, 0.1) is 5.60 Å². The normalized spacial score (nSPS) is 12.4. The second kappa shape index (κ2) is 5.65. The Morgan fingerprint density at radius 1 is 1.31 bits per heavy atom. The minimum Gasteiger partial charge on any atom is -0.478 e. The Morgan fingerprint density at radius 2 is 1.81 bits per heavy atom. The highest BCUT2D eigenvalue weighted by atomic mass is 16.5. The number of Topliss-reactive ketones (excluding diaryl/α,β-unsaturated/α-hetero) is 1. The quantitative estimate of drug-likeness (QED) is 0.431. The standard InChI is InChI=1S/C11H19NO4/c1-11(2,3)16-7-9(13)8(10(14)15)6-12(4)5/h6H,7H2,1-5H3,(H,14,15). The molecule has 0 aliphatic heterocycles. The summed E-state index contributed by atoms with van der Waals surface area (Å²) in [5, 5.41) is 8.85. The number of aliphatic carboxylic acids is 1. The van der Waals surface area contributed by atoms with E-state index in [0.717, 1.165) is 0 Å². The zero-order valence-corrected chi connectivity index (χ0v) is 10.4. The fraction of sp³-hybridized carbons (Fsp3) is 0.636. The highest BCUT2D eigenvalue weighted by Gasteiger charge is 2.20. The van der Waals surface area contributed by atoms with Gasteiger partial charge < -0.3 is 14.7 Å². The molecule has 0 aliphatic carbocycles. The van der Waals surface area contributed by atoms with Gasteiger partial charge in [-0.3, -0.25) is 4.79 Å². The van der Waals surface area contributed by atoms with E-state index in [1.807, 2.05) is 0 Å². The molecule has 0 amide bonds. The molecule has 0 aromatic rings. The molecule has 16 heavy (non-hydrogen) atoms. The molecule has 0 unspecified atom stereocenters. The molecule has 0 atom stereocenters. The summed E-state index contributed by atoms with van der Waals surface area (Å²) in [6.07, 6.45) is 1.27. The molecule has 0 heterocycles.